The predicted octanol–water partition coefficient (Wildman–Crippen LogP) is 1.19. The van der Waals surface area contributed by atoms with Gasteiger partial charge in [0, 0.05) is 13.1 Å². The van der Waals surface area contributed by atoms with Gasteiger partial charge in [-0.3, -0.25) is 14.6 Å². The Morgan fingerprint density at radius 2 is 1.95 bits per heavy atom. The first-order valence-corrected chi connectivity index (χ1v) is 6.19. The number of hydrogen-bond donors (Lipinski definition) is 2. The fraction of sp³-hybridized carbons (Fsp3) is 0.286. The van der Waals surface area contributed by atoms with Crippen molar-refractivity contribution in [3.63, 3.8) is 0 Å². The van der Waals surface area contributed by atoms with Crippen LogP contribution >= 0.6 is 0 Å². The molecule has 0 aliphatic carbocycles. The van der Waals surface area contributed by atoms with Gasteiger partial charge in [0.05, 0.1) is 12.7 Å². The van der Waals surface area contributed by atoms with Crippen LogP contribution in [0.2, 0.25) is 0 Å². The van der Waals surface area contributed by atoms with E-state index in [-0.39, 0.29) is 17.3 Å². The Morgan fingerprint density at radius 1 is 1.35 bits per heavy atom. The normalized spacial score (nSPS) is 12.2. The zero-order valence-corrected chi connectivity index (χ0v) is 11.6. The molecule has 0 saturated carbocycles. The standard InChI is InChI=1S/C14H17N3O3/c1-8(15)9-4-6-10(7-5-9)11-12(14(19)20-3)16-17(2)13(11)18/h4-8,16H,15H2,1-3H3. The molecular formula is C14H17N3O3. The third-order valence-corrected chi connectivity index (χ3v) is 3.16. The Morgan fingerprint density at radius 3 is 2.45 bits per heavy atom. The summed E-state index contributed by atoms with van der Waals surface area (Å²) >= 11 is 0. The number of benzene rings is 1. The van der Waals surface area contributed by atoms with Crippen LogP contribution in [0, 0.1) is 0 Å². The highest BCUT2D eigenvalue weighted by molar-refractivity contribution is 5.95. The zero-order valence-electron chi connectivity index (χ0n) is 11.6. The molecule has 3 N–H and O–H groups in total. The molecule has 0 radical (unpaired) electrons. The number of aryl methyl sites for hydroxylation is 1. The first-order valence-electron chi connectivity index (χ1n) is 6.19. The quantitative estimate of drug-likeness (QED) is 0.823. The van der Waals surface area contributed by atoms with E-state index >= 15 is 0 Å². The number of nitrogens with one attached hydrogen (secondary N) is 1. The number of hydrogen-bond acceptors (Lipinski definition) is 4. The molecule has 6 heteroatoms. The van der Waals surface area contributed by atoms with Gasteiger partial charge in [0.15, 0.2) is 5.69 Å². The molecule has 2 aromatic rings. The van der Waals surface area contributed by atoms with E-state index in [2.05, 4.69) is 9.84 Å². The Bertz CT molecular complexity index is 681. The number of carbonyl (C=O) groups is 1. The predicted molar refractivity (Wildman–Crippen MR) is 75.4 cm³/mol. The second-order valence-corrected chi connectivity index (χ2v) is 4.63. The van der Waals surface area contributed by atoms with E-state index in [1.54, 1.807) is 19.2 Å². The minimum atomic E-state index is -0.575. The van der Waals surface area contributed by atoms with E-state index in [1.165, 1.54) is 11.8 Å². The lowest BCUT2D eigenvalue weighted by Gasteiger charge is -2.06. The van der Waals surface area contributed by atoms with E-state index in [0.717, 1.165) is 5.56 Å². The number of ether oxygens (including phenoxy) is 1. The fourth-order valence-corrected chi connectivity index (χ4v) is 2.02. The molecule has 2 rings (SSSR count). The molecule has 0 amide bonds. The second-order valence-electron chi connectivity index (χ2n) is 4.63. The molecule has 0 aliphatic rings. The van der Waals surface area contributed by atoms with Crippen molar-refractivity contribution in [1.82, 2.24) is 9.78 Å². The molecule has 1 unspecified atom stereocenters. The van der Waals surface area contributed by atoms with Gasteiger partial charge in [-0.2, -0.15) is 0 Å². The number of methoxy groups -OCH3 is 1. The Balaban J connectivity index is 2.57. The smallest absolute Gasteiger partial charge is 0.356 e. The summed E-state index contributed by atoms with van der Waals surface area (Å²) < 4.78 is 5.94. The number of nitrogens with zero attached hydrogens (tertiary/aromatic N) is 1. The monoisotopic (exact) mass is 275 g/mol. The van der Waals surface area contributed by atoms with Gasteiger partial charge in [-0.25, -0.2) is 4.79 Å². The molecule has 0 aliphatic heterocycles. The molecule has 0 bridgehead atoms. The van der Waals surface area contributed by atoms with Crippen molar-refractivity contribution in [2.24, 2.45) is 12.8 Å². The summed E-state index contributed by atoms with van der Waals surface area (Å²) in [5.74, 6) is -0.575. The third kappa shape index (κ3) is 2.37. The number of H-pyrrole nitrogens is 1. The highest BCUT2D eigenvalue weighted by Gasteiger charge is 2.21. The van der Waals surface area contributed by atoms with Crippen molar-refractivity contribution in [1.29, 1.82) is 0 Å². The summed E-state index contributed by atoms with van der Waals surface area (Å²) in [7, 11) is 2.82. The molecule has 6 nitrogen and oxygen atoms in total. The van der Waals surface area contributed by atoms with Crippen LogP contribution in [0.1, 0.15) is 29.0 Å². The van der Waals surface area contributed by atoms with Crippen molar-refractivity contribution in [3.05, 3.63) is 45.9 Å². The van der Waals surface area contributed by atoms with Gasteiger partial charge in [0.1, 0.15) is 0 Å². The van der Waals surface area contributed by atoms with Crippen LogP contribution in [0.15, 0.2) is 29.1 Å². The fourth-order valence-electron chi connectivity index (χ4n) is 2.02. The van der Waals surface area contributed by atoms with Crippen molar-refractivity contribution in [2.45, 2.75) is 13.0 Å². The average Bonchev–Trinajstić information content (AvgIpc) is 2.74. The van der Waals surface area contributed by atoms with Gasteiger partial charge >= 0.3 is 5.97 Å². The molecule has 20 heavy (non-hydrogen) atoms. The SMILES string of the molecule is COC(=O)c1[nH]n(C)c(=O)c1-c1ccc(C(C)N)cc1. The Labute approximate surface area is 116 Å². The zero-order chi connectivity index (χ0) is 14.9. The molecule has 0 saturated heterocycles. The van der Waals surface area contributed by atoms with Crippen LogP contribution in [0.3, 0.4) is 0 Å². The van der Waals surface area contributed by atoms with Crippen LogP contribution in [0.25, 0.3) is 11.1 Å². The van der Waals surface area contributed by atoms with E-state index in [1.807, 2.05) is 19.1 Å². The summed E-state index contributed by atoms with van der Waals surface area (Å²) in [6.07, 6.45) is 0. The molecule has 106 valence electrons. The number of rotatable bonds is 3. The van der Waals surface area contributed by atoms with Gasteiger partial charge < -0.3 is 10.5 Å². The molecule has 1 atom stereocenters. The maximum Gasteiger partial charge on any atom is 0.356 e. The largest absolute Gasteiger partial charge is 0.464 e. The minimum Gasteiger partial charge on any atom is -0.464 e. The van der Waals surface area contributed by atoms with Gasteiger partial charge in [-0.15, -0.1) is 0 Å². The minimum absolute atomic E-state index is 0.0850. The summed E-state index contributed by atoms with van der Waals surface area (Å²) in [4.78, 5) is 23.9. The summed E-state index contributed by atoms with van der Waals surface area (Å²) in [6.45, 7) is 1.88. The van der Waals surface area contributed by atoms with Crippen molar-refractivity contribution in [3.8, 4) is 11.1 Å². The van der Waals surface area contributed by atoms with Crippen molar-refractivity contribution in [2.75, 3.05) is 7.11 Å². The first kappa shape index (κ1) is 14.1. The third-order valence-electron chi connectivity index (χ3n) is 3.16. The first-order chi connectivity index (χ1) is 9.45. The lowest BCUT2D eigenvalue weighted by atomic mass is 10.0. The number of aromatic nitrogens is 2. The number of nitrogens with two attached hydrogens (primary N) is 1. The van der Waals surface area contributed by atoms with Crippen LogP contribution in [0.4, 0.5) is 0 Å². The Hall–Kier alpha value is -2.34. The summed E-state index contributed by atoms with van der Waals surface area (Å²) in [5.41, 5.74) is 7.57. The van der Waals surface area contributed by atoms with Crippen molar-refractivity contribution >= 4 is 5.97 Å². The van der Waals surface area contributed by atoms with Crippen LogP contribution in [0.5, 0.6) is 0 Å². The molecular weight excluding hydrogens is 258 g/mol. The average molecular weight is 275 g/mol. The lowest BCUT2D eigenvalue weighted by molar-refractivity contribution is 0.0594. The summed E-state index contributed by atoms with van der Waals surface area (Å²) in [6, 6.07) is 7.14. The highest BCUT2D eigenvalue weighted by Crippen LogP contribution is 2.21. The van der Waals surface area contributed by atoms with E-state index in [9.17, 15) is 9.59 Å². The number of esters is 1. The van der Waals surface area contributed by atoms with Crippen LogP contribution in [-0.4, -0.2) is 22.9 Å². The van der Waals surface area contributed by atoms with Gasteiger partial charge in [-0.1, -0.05) is 24.3 Å². The van der Waals surface area contributed by atoms with Gasteiger partial charge in [0.2, 0.25) is 0 Å². The van der Waals surface area contributed by atoms with Crippen LogP contribution in [-0.2, 0) is 11.8 Å². The van der Waals surface area contributed by atoms with E-state index in [0.29, 0.717) is 11.1 Å². The Kier molecular flexibility index (Phi) is 3.76. The lowest BCUT2D eigenvalue weighted by Crippen LogP contribution is -2.13. The van der Waals surface area contributed by atoms with E-state index in [4.69, 9.17) is 5.73 Å². The maximum absolute atomic E-state index is 12.1. The second kappa shape index (κ2) is 5.34. The van der Waals surface area contributed by atoms with Crippen LogP contribution < -0.4 is 11.3 Å². The molecule has 0 fully saturated rings. The number of carbonyl (C=O) groups excluding carboxylic acids is 1. The molecule has 1 aromatic heterocycles. The summed E-state index contributed by atoms with van der Waals surface area (Å²) in [5, 5.41) is 2.70. The number of aromatic amines is 1. The van der Waals surface area contributed by atoms with Gasteiger partial charge in [-0.05, 0) is 18.1 Å². The van der Waals surface area contributed by atoms with E-state index < -0.39 is 5.97 Å². The van der Waals surface area contributed by atoms with Gasteiger partial charge in [0.25, 0.3) is 5.56 Å². The maximum atomic E-state index is 12.1. The topological polar surface area (TPSA) is 90.1 Å². The molecule has 1 aromatic carbocycles. The van der Waals surface area contributed by atoms with Crippen molar-refractivity contribution < 1.29 is 9.53 Å². The highest BCUT2D eigenvalue weighted by atomic mass is 16.5. The molecule has 0 spiro atoms. The molecule has 1 heterocycles.